The summed E-state index contributed by atoms with van der Waals surface area (Å²) in [4.78, 5) is 0. The number of hydrogen-bond donors (Lipinski definition) is 1. The average molecular weight is 257 g/mol. The van der Waals surface area contributed by atoms with Crippen LogP contribution in [0.3, 0.4) is 0 Å². The Bertz CT molecular complexity index is 447. The maximum Gasteiger partial charge on any atom is 0.0208 e. The van der Waals surface area contributed by atoms with Crippen LogP contribution < -0.4 is 5.32 Å². The Balaban J connectivity index is 1.57. The zero-order chi connectivity index (χ0) is 13.3. The van der Waals surface area contributed by atoms with E-state index in [0.717, 1.165) is 12.6 Å². The van der Waals surface area contributed by atoms with Crippen LogP contribution in [0.2, 0.25) is 0 Å². The highest BCUT2D eigenvalue weighted by atomic mass is 14.9. The maximum absolute atomic E-state index is 3.78. The lowest BCUT2D eigenvalue weighted by Gasteiger charge is -2.35. The second kappa shape index (κ2) is 5.28. The van der Waals surface area contributed by atoms with Crippen LogP contribution in [-0.4, -0.2) is 6.04 Å². The van der Waals surface area contributed by atoms with Crippen LogP contribution in [0.5, 0.6) is 0 Å². The van der Waals surface area contributed by atoms with Gasteiger partial charge in [-0.3, -0.25) is 0 Å². The fourth-order valence-electron chi connectivity index (χ4n) is 3.87. The molecular formula is C18H27N. The Morgan fingerprint density at radius 2 is 2.00 bits per heavy atom. The number of aryl methyl sites for hydroxylation is 2. The van der Waals surface area contributed by atoms with Gasteiger partial charge in [-0.1, -0.05) is 38.5 Å². The average Bonchev–Trinajstić information content (AvgIpc) is 2.82. The number of nitrogens with one attached hydrogen (secondary N) is 1. The van der Waals surface area contributed by atoms with Crippen molar-refractivity contribution in [2.24, 2.45) is 5.41 Å². The van der Waals surface area contributed by atoms with Gasteiger partial charge in [0, 0.05) is 12.6 Å². The van der Waals surface area contributed by atoms with E-state index in [2.05, 4.69) is 37.4 Å². The molecule has 19 heavy (non-hydrogen) atoms. The highest BCUT2D eigenvalue weighted by Gasteiger charge is 2.27. The second-order valence-corrected chi connectivity index (χ2v) is 7.30. The zero-order valence-corrected chi connectivity index (χ0v) is 12.5. The summed E-state index contributed by atoms with van der Waals surface area (Å²) in [6.07, 6.45) is 9.40. The lowest BCUT2D eigenvalue weighted by atomic mass is 9.75. The van der Waals surface area contributed by atoms with Crippen molar-refractivity contribution in [3.63, 3.8) is 0 Å². The molecule has 0 aliphatic heterocycles. The first kappa shape index (κ1) is 13.2. The summed E-state index contributed by atoms with van der Waals surface area (Å²) in [5.74, 6) is 0. The predicted octanol–water partition coefficient (Wildman–Crippen LogP) is 4.23. The number of rotatable bonds is 3. The van der Waals surface area contributed by atoms with Gasteiger partial charge in [-0.15, -0.1) is 0 Å². The maximum atomic E-state index is 3.78. The van der Waals surface area contributed by atoms with E-state index in [0.29, 0.717) is 5.41 Å². The molecule has 2 aliphatic rings. The third-order valence-corrected chi connectivity index (χ3v) is 4.96. The van der Waals surface area contributed by atoms with E-state index in [1.807, 2.05) is 0 Å². The molecule has 1 aromatic carbocycles. The highest BCUT2D eigenvalue weighted by molar-refractivity contribution is 5.35. The molecule has 0 aromatic heterocycles. The van der Waals surface area contributed by atoms with Crippen LogP contribution in [0, 0.1) is 5.41 Å². The first-order chi connectivity index (χ1) is 9.12. The summed E-state index contributed by atoms with van der Waals surface area (Å²) < 4.78 is 0. The van der Waals surface area contributed by atoms with E-state index in [1.54, 1.807) is 11.1 Å². The van der Waals surface area contributed by atoms with Gasteiger partial charge in [-0.25, -0.2) is 0 Å². The molecular weight excluding hydrogens is 230 g/mol. The van der Waals surface area contributed by atoms with Crippen molar-refractivity contribution in [3.05, 3.63) is 34.9 Å². The molecule has 0 radical (unpaired) electrons. The molecule has 1 unspecified atom stereocenters. The first-order valence-electron chi connectivity index (χ1n) is 7.96. The Hall–Kier alpha value is -0.820. The van der Waals surface area contributed by atoms with Crippen molar-refractivity contribution in [2.75, 3.05) is 0 Å². The Morgan fingerprint density at radius 1 is 1.16 bits per heavy atom. The third kappa shape index (κ3) is 3.20. The van der Waals surface area contributed by atoms with Crippen molar-refractivity contribution in [2.45, 2.75) is 71.4 Å². The van der Waals surface area contributed by atoms with Crippen LogP contribution in [-0.2, 0) is 19.4 Å². The summed E-state index contributed by atoms with van der Waals surface area (Å²) in [7, 11) is 0. The predicted molar refractivity (Wildman–Crippen MR) is 81.3 cm³/mol. The molecule has 2 aliphatic carbocycles. The van der Waals surface area contributed by atoms with E-state index in [-0.39, 0.29) is 0 Å². The molecule has 1 nitrogen and oxygen atoms in total. The van der Waals surface area contributed by atoms with E-state index in [1.165, 1.54) is 50.5 Å². The molecule has 0 heterocycles. The van der Waals surface area contributed by atoms with Gasteiger partial charge in [0.15, 0.2) is 0 Å². The topological polar surface area (TPSA) is 12.0 Å². The van der Waals surface area contributed by atoms with Gasteiger partial charge in [-0.2, -0.15) is 0 Å². The van der Waals surface area contributed by atoms with Crippen LogP contribution in [0.4, 0.5) is 0 Å². The zero-order valence-electron chi connectivity index (χ0n) is 12.5. The van der Waals surface area contributed by atoms with E-state index < -0.39 is 0 Å². The monoisotopic (exact) mass is 257 g/mol. The summed E-state index contributed by atoms with van der Waals surface area (Å²) in [5, 5.41) is 3.78. The molecule has 104 valence electrons. The van der Waals surface area contributed by atoms with Crippen molar-refractivity contribution in [1.29, 1.82) is 0 Å². The van der Waals surface area contributed by atoms with Gasteiger partial charge >= 0.3 is 0 Å². The molecule has 1 fully saturated rings. The van der Waals surface area contributed by atoms with Crippen molar-refractivity contribution < 1.29 is 0 Å². The number of fused-ring (bicyclic) bond motifs is 1. The van der Waals surface area contributed by atoms with Crippen LogP contribution >= 0.6 is 0 Å². The van der Waals surface area contributed by atoms with E-state index in [9.17, 15) is 0 Å². The summed E-state index contributed by atoms with van der Waals surface area (Å²) >= 11 is 0. The van der Waals surface area contributed by atoms with Crippen molar-refractivity contribution in [1.82, 2.24) is 5.32 Å². The van der Waals surface area contributed by atoms with Gasteiger partial charge < -0.3 is 5.32 Å². The normalized spacial score (nSPS) is 25.3. The summed E-state index contributed by atoms with van der Waals surface area (Å²) in [5.41, 5.74) is 5.20. The fourth-order valence-corrected chi connectivity index (χ4v) is 3.87. The molecule has 1 aromatic rings. The quantitative estimate of drug-likeness (QED) is 0.854. The number of hydrogen-bond acceptors (Lipinski definition) is 1. The minimum atomic E-state index is 0.536. The molecule has 1 N–H and O–H groups in total. The SMILES string of the molecule is CC1(C)CCCC(NCc2ccc3c(c2)CCC3)C1. The standard InChI is InChI=1S/C18H27N/c1-18(2)10-4-7-17(12-18)19-13-14-8-9-15-5-3-6-16(15)11-14/h8-9,11,17,19H,3-7,10,12-13H2,1-2H3. The minimum Gasteiger partial charge on any atom is -0.310 e. The molecule has 0 bridgehead atoms. The Labute approximate surface area is 117 Å². The van der Waals surface area contributed by atoms with E-state index >= 15 is 0 Å². The van der Waals surface area contributed by atoms with Crippen LogP contribution in [0.15, 0.2) is 18.2 Å². The van der Waals surface area contributed by atoms with Crippen LogP contribution in [0.25, 0.3) is 0 Å². The summed E-state index contributed by atoms with van der Waals surface area (Å²) in [6.45, 7) is 5.88. The Kier molecular flexibility index (Phi) is 3.66. The molecule has 0 saturated heterocycles. The minimum absolute atomic E-state index is 0.536. The van der Waals surface area contributed by atoms with Gasteiger partial charge in [0.05, 0.1) is 0 Å². The fraction of sp³-hybridized carbons (Fsp3) is 0.667. The van der Waals surface area contributed by atoms with Crippen molar-refractivity contribution >= 4 is 0 Å². The lowest BCUT2D eigenvalue weighted by Crippen LogP contribution is -2.36. The highest BCUT2D eigenvalue weighted by Crippen LogP contribution is 2.35. The molecule has 1 saturated carbocycles. The molecule has 3 rings (SSSR count). The van der Waals surface area contributed by atoms with E-state index in [4.69, 9.17) is 0 Å². The van der Waals surface area contributed by atoms with Gasteiger partial charge in [0.1, 0.15) is 0 Å². The lowest BCUT2D eigenvalue weighted by molar-refractivity contribution is 0.198. The molecule has 0 amide bonds. The summed E-state index contributed by atoms with van der Waals surface area (Å²) in [6, 6.07) is 7.83. The van der Waals surface area contributed by atoms with Crippen molar-refractivity contribution in [3.8, 4) is 0 Å². The second-order valence-electron chi connectivity index (χ2n) is 7.30. The molecule has 1 atom stereocenters. The first-order valence-corrected chi connectivity index (χ1v) is 7.96. The smallest absolute Gasteiger partial charge is 0.0208 e. The largest absolute Gasteiger partial charge is 0.310 e. The van der Waals surface area contributed by atoms with Gasteiger partial charge in [-0.05, 0) is 60.6 Å². The van der Waals surface area contributed by atoms with Gasteiger partial charge in [0.2, 0.25) is 0 Å². The molecule has 1 heteroatoms. The molecule has 0 spiro atoms. The van der Waals surface area contributed by atoms with Gasteiger partial charge in [0.25, 0.3) is 0 Å². The third-order valence-electron chi connectivity index (χ3n) is 4.96. The Morgan fingerprint density at radius 3 is 2.84 bits per heavy atom. The van der Waals surface area contributed by atoms with Crippen LogP contribution in [0.1, 0.15) is 62.6 Å². The number of benzene rings is 1.